The van der Waals surface area contributed by atoms with Crippen molar-refractivity contribution < 1.29 is 4.79 Å². The van der Waals surface area contributed by atoms with Gasteiger partial charge in [-0.1, -0.05) is 50.7 Å². The quantitative estimate of drug-likeness (QED) is 0.363. The molecule has 0 fully saturated rings. The third-order valence-corrected chi connectivity index (χ3v) is 5.97. The first-order valence-electron chi connectivity index (χ1n) is 9.10. The number of rotatable bonds is 9. The van der Waals surface area contributed by atoms with Crippen LogP contribution in [0, 0.1) is 6.92 Å². The van der Waals surface area contributed by atoms with E-state index in [1.54, 1.807) is 11.8 Å². The number of carbonyl (C=O) groups excluding carboxylic acids is 1. The Morgan fingerprint density at radius 2 is 2.11 bits per heavy atom. The third-order valence-electron chi connectivity index (χ3n) is 3.90. The molecule has 0 aliphatic carbocycles. The molecule has 0 aliphatic heterocycles. The zero-order valence-corrected chi connectivity index (χ0v) is 17.9. The molecule has 0 unspecified atom stereocenters. The number of H-pyrrole nitrogens is 1. The summed E-state index contributed by atoms with van der Waals surface area (Å²) in [6.45, 7) is 8.33. The summed E-state index contributed by atoms with van der Waals surface area (Å²) in [7, 11) is 0. The van der Waals surface area contributed by atoms with E-state index in [1.165, 1.54) is 17.8 Å². The second-order valence-corrected chi connectivity index (χ2v) is 8.69. The van der Waals surface area contributed by atoms with Crippen LogP contribution in [0.4, 0.5) is 5.69 Å². The summed E-state index contributed by atoms with van der Waals surface area (Å²) in [5.41, 5.74) is 3.61. The molecule has 2 N–H and O–H groups in total. The Balaban J connectivity index is 2.01. The van der Waals surface area contributed by atoms with Gasteiger partial charge in [-0.05, 0) is 36.1 Å². The van der Waals surface area contributed by atoms with Gasteiger partial charge in [0.05, 0.1) is 11.4 Å². The van der Waals surface area contributed by atoms with Crippen molar-refractivity contribution in [1.82, 2.24) is 9.97 Å². The lowest BCUT2D eigenvalue weighted by Gasteiger charge is -2.16. The monoisotopic (exact) mass is 405 g/mol. The molecule has 1 heterocycles. The number of nitrogens with one attached hydrogen (secondary N) is 2. The van der Waals surface area contributed by atoms with Crippen LogP contribution in [-0.2, 0) is 10.5 Å². The van der Waals surface area contributed by atoms with Crippen molar-refractivity contribution in [1.29, 1.82) is 0 Å². The lowest BCUT2D eigenvalue weighted by molar-refractivity contribution is -0.113. The molecule has 0 atom stereocenters. The molecule has 7 heteroatoms. The molecule has 27 heavy (non-hydrogen) atoms. The summed E-state index contributed by atoms with van der Waals surface area (Å²) in [4.78, 5) is 31.4. The van der Waals surface area contributed by atoms with Crippen LogP contribution < -0.4 is 10.9 Å². The number of aromatic nitrogens is 2. The number of aryl methyl sites for hydroxylation is 1. The Morgan fingerprint density at radius 1 is 1.33 bits per heavy atom. The molecule has 5 nitrogen and oxygen atoms in total. The van der Waals surface area contributed by atoms with E-state index in [0.717, 1.165) is 34.7 Å². The van der Waals surface area contributed by atoms with Gasteiger partial charge in [-0.2, -0.15) is 11.8 Å². The maximum absolute atomic E-state index is 12.4. The minimum Gasteiger partial charge on any atom is -0.325 e. The number of benzene rings is 1. The predicted molar refractivity (Wildman–Crippen MR) is 116 cm³/mol. The van der Waals surface area contributed by atoms with Gasteiger partial charge in [0.25, 0.3) is 5.56 Å². The lowest BCUT2D eigenvalue weighted by Crippen LogP contribution is -2.17. The first-order chi connectivity index (χ1) is 12.9. The average molecular weight is 406 g/mol. The highest BCUT2D eigenvalue weighted by Crippen LogP contribution is 2.27. The molecule has 0 spiro atoms. The molecule has 0 saturated carbocycles. The summed E-state index contributed by atoms with van der Waals surface area (Å²) >= 11 is 3.00. The summed E-state index contributed by atoms with van der Waals surface area (Å²) in [5.74, 6) is 2.15. The molecular formula is C20H27N3O2S2. The van der Waals surface area contributed by atoms with Gasteiger partial charge < -0.3 is 10.3 Å². The van der Waals surface area contributed by atoms with E-state index in [4.69, 9.17) is 0 Å². The zero-order valence-electron chi connectivity index (χ0n) is 16.3. The van der Waals surface area contributed by atoms with Gasteiger partial charge in [-0.3, -0.25) is 9.59 Å². The Labute approximate surface area is 169 Å². The van der Waals surface area contributed by atoms with E-state index in [-0.39, 0.29) is 17.2 Å². The fourth-order valence-corrected chi connectivity index (χ4v) is 4.08. The Morgan fingerprint density at radius 3 is 2.81 bits per heavy atom. The van der Waals surface area contributed by atoms with E-state index in [0.29, 0.717) is 16.8 Å². The fraction of sp³-hybridized carbons (Fsp3) is 0.450. The molecule has 146 valence electrons. The highest BCUT2D eigenvalue weighted by molar-refractivity contribution is 7.99. The van der Waals surface area contributed by atoms with Gasteiger partial charge in [0.15, 0.2) is 5.16 Å². The van der Waals surface area contributed by atoms with Crippen molar-refractivity contribution in [3.63, 3.8) is 0 Å². The first-order valence-corrected chi connectivity index (χ1v) is 11.2. The number of hydrogen-bond donors (Lipinski definition) is 2. The number of para-hydroxylation sites is 1. The van der Waals surface area contributed by atoms with Crippen molar-refractivity contribution in [3.8, 4) is 0 Å². The molecule has 0 aliphatic rings. The third kappa shape index (κ3) is 6.74. The minimum atomic E-state index is -0.180. The largest absolute Gasteiger partial charge is 0.325 e. The average Bonchev–Trinajstić information content (AvgIpc) is 2.61. The van der Waals surface area contributed by atoms with Crippen LogP contribution >= 0.6 is 23.5 Å². The number of carbonyl (C=O) groups is 1. The van der Waals surface area contributed by atoms with Gasteiger partial charge >= 0.3 is 0 Å². The topological polar surface area (TPSA) is 74.8 Å². The van der Waals surface area contributed by atoms with Crippen LogP contribution in [-0.4, -0.2) is 27.4 Å². The van der Waals surface area contributed by atoms with Crippen molar-refractivity contribution in [2.45, 2.75) is 50.9 Å². The molecule has 0 saturated heterocycles. The van der Waals surface area contributed by atoms with Crippen LogP contribution in [0.5, 0.6) is 0 Å². The van der Waals surface area contributed by atoms with Gasteiger partial charge in [-0.25, -0.2) is 4.98 Å². The molecule has 2 aromatic rings. The predicted octanol–water partition coefficient (Wildman–Crippen LogP) is 4.58. The van der Waals surface area contributed by atoms with Gasteiger partial charge in [0, 0.05) is 17.5 Å². The Bertz CT molecular complexity index is 834. The zero-order chi connectivity index (χ0) is 19.8. The Hall–Kier alpha value is -1.73. The van der Waals surface area contributed by atoms with Crippen LogP contribution in [0.1, 0.15) is 49.9 Å². The summed E-state index contributed by atoms with van der Waals surface area (Å²) in [5, 5.41) is 3.50. The highest BCUT2D eigenvalue weighted by Gasteiger charge is 2.13. The number of nitrogens with zero attached hydrogens (tertiary/aromatic N) is 1. The van der Waals surface area contributed by atoms with Crippen LogP contribution in [0.3, 0.4) is 0 Å². The van der Waals surface area contributed by atoms with Crippen molar-refractivity contribution >= 4 is 35.1 Å². The molecular weight excluding hydrogens is 378 g/mol. The number of thioether (sulfide) groups is 2. The standard InChI is InChI=1S/C20H27N3O2S2/c1-5-9-26-11-15-10-17(24)23-20(21-15)27-12-18(25)22-19-14(4)7-6-8-16(19)13(2)3/h6-8,10,13H,5,9,11-12H2,1-4H3,(H,22,25)(H,21,23,24). The van der Waals surface area contributed by atoms with Crippen LogP contribution in [0.25, 0.3) is 0 Å². The first kappa shape index (κ1) is 21.6. The van der Waals surface area contributed by atoms with Crippen LogP contribution in [0.15, 0.2) is 34.2 Å². The molecule has 0 bridgehead atoms. The van der Waals surface area contributed by atoms with E-state index >= 15 is 0 Å². The summed E-state index contributed by atoms with van der Waals surface area (Å²) in [6.07, 6.45) is 1.09. The van der Waals surface area contributed by atoms with Crippen molar-refractivity contribution in [2.24, 2.45) is 0 Å². The van der Waals surface area contributed by atoms with E-state index in [9.17, 15) is 9.59 Å². The molecule has 0 radical (unpaired) electrons. The molecule has 2 rings (SSSR count). The van der Waals surface area contributed by atoms with Crippen LogP contribution in [0.2, 0.25) is 0 Å². The molecule has 1 amide bonds. The molecule has 1 aromatic heterocycles. The number of hydrogen-bond acceptors (Lipinski definition) is 5. The van der Waals surface area contributed by atoms with E-state index in [1.807, 2.05) is 25.1 Å². The number of anilines is 1. The normalized spacial score (nSPS) is 11.0. The second-order valence-electron chi connectivity index (χ2n) is 6.63. The van der Waals surface area contributed by atoms with E-state index in [2.05, 4.69) is 36.1 Å². The highest BCUT2D eigenvalue weighted by atomic mass is 32.2. The number of aromatic amines is 1. The Kier molecular flexibility index (Phi) is 8.44. The number of amides is 1. The van der Waals surface area contributed by atoms with Crippen molar-refractivity contribution in [3.05, 3.63) is 51.4 Å². The minimum absolute atomic E-state index is 0.107. The van der Waals surface area contributed by atoms with E-state index < -0.39 is 0 Å². The smallest absolute Gasteiger partial charge is 0.251 e. The van der Waals surface area contributed by atoms with Gasteiger partial charge in [0.1, 0.15) is 0 Å². The van der Waals surface area contributed by atoms with Gasteiger partial charge in [0.2, 0.25) is 5.91 Å². The second kappa shape index (κ2) is 10.6. The van der Waals surface area contributed by atoms with Gasteiger partial charge in [-0.15, -0.1) is 0 Å². The SMILES string of the molecule is CCCSCc1cc(=O)[nH]c(SCC(=O)Nc2c(C)cccc2C(C)C)n1. The maximum Gasteiger partial charge on any atom is 0.251 e. The fourth-order valence-electron chi connectivity index (χ4n) is 2.60. The maximum atomic E-state index is 12.4. The summed E-state index contributed by atoms with van der Waals surface area (Å²) in [6, 6.07) is 7.56. The van der Waals surface area contributed by atoms with Crippen molar-refractivity contribution in [2.75, 3.05) is 16.8 Å². The molecule has 1 aromatic carbocycles. The lowest BCUT2D eigenvalue weighted by atomic mass is 9.98. The summed E-state index contributed by atoms with van der Waals surface area (Å²) < 4.78 is 0.